The maximum atomic E-state index is 9.80. The van der Waals surface area contributed by atoms with Crippen LogP contribution < -0.4 is 0 Å². The number of aliphatic hydroxyl groups is 1. The van der Waals surface area contributed by atoms with Crippen molar-refractivity contribution in [1.82, 2.24) is 0 Å². The Bertz CT molecular complexity index is 251. The van der Waals surface area contributed by atoms with Gasteiger partial charge in [-0.05, 0) is 24.3 Å². The maximum Gasteiger partial charge on any atom is 0.0790 e. The van der Waals surface area contributed by atoms with Crippen molar-refractivity contribution in [2.45, 2.75) is 31.8 Å². The van der Waals surface area contributed by atoms with Crippen LogP contribution in [0.15, 0.2) is 30.3 Å². The minimum atomic E-state index is -0.248. The molecule has 1 saturated carbocycles. The van der Waals surface area contributed by atoms with E-state index < -0.39 is 0 Å². The molecular formula is C12H16O. The quantitative estimate of drug-likeness (QED) is 0.747. The van der Waals surface area contributed by atoms with Crippen molar-refractivity contribution in [1.29, 1.82) is 0 Å². The number of aliphatic hydroxyl groups excluding tert-OH is 1. The first-order valence-electron chi connectivity index (χ1n) is 5.09. The van der Waals surface area contributed by atoms with Crippen LogP contribution in [0, 0.1) is 5.92 Å². The molecule has 1 unspecified atom stereocenters. The van der Waals surface area contributed by atoms with Gasteiger partial charge in [-0.3, -0.25) is 0 Å². The molecule has 2 rings (SSSR count). The third kappa shape index (κ3) is 2.56. The van der Waals surface area contributed by atoms with E-state index in [1.54, 1.807) is 0 Å². The Morgan fingerprint density at radius 2 is 1.92 bits per heavy atom. The molecule has 0 amide bonds. The molecule has 1 aromatic rings. The summed E-state index contributed by atoms with van der Waals surface area (Å²) >= 11 is 0. The van der Waals surface area contributed by atoms with Crippen molar-refractivity contribution in [2.75, 3.05) is 0 Å². The van der Waals surface area contributed by atoms with E-state index >= 15 is 0 Å². The zero-order chi connectivity index (χ0) is 9.10. The number of benzene rings is 1. The van der Waals surface area contributed by atoms with Crippen molar-refractivity contribution >= 4 is 0 Å². The highest BCUT2D eigenvalue weighted by atomic mass is 16.3. The van der Waals surface area contributed by atoms with E-state index in [9.17, 15) is 5.11 Å². The fourth-order valence-electron chi connectivity index (χ4n) is 1.64. The Balaban J connectivity index is 1.85. The summed E-state index contributed by atoms with van der Waals surface area (Å²) in [5.41, 5.74) is 1.06. The molecule has 0 aromatic heterocycles. The molecule has 0 radical (unpaired) electrons. The van der Waals surface area contributed by atoms with Crippen LogP contribution >= 0.6 is 0 Å². The summed E-state index contributed by atoms with van der Waals surface area (Å²) in [6, 6.07) is 9.94. The number of hydrogen-bond donors (Lipinski definition) is 1. The van der Waals surface area contributed by atoms with Crippen LogP contribution in [0.4, 0.5) is 0 Å². The van der Waals surface area contributed by atoms with Gasteiger partial charge < -0.3 is 5.11 Å². The first kappa shape index (κ1) is 8.76. The highest BCUT2D eigenvalue weighted by Crippen LogP contribution is 2.35. The monoisotopic (exact) mass is 176 g/mol. The summed E-state index contributed by atoms with van der Waals surface area (Å²) in [5.74, 6) is 0.915. The normalized spacial score (nSPS) is 18.5. The second-order valence-electron chi connectivity index (χ2n) is 3.95. The first-order valence-corrected chi connectivity index (χ1v) is 5.09. The summed E-state index contributed by atoms with van der Waals surface area (Å²) in [7, 11) is 0. The van der Waals surface area contributed by atoms with E-state index in [0.29, 0.717) is 0 Å². The molecule has 1 aliphatic carbocycles. The molecule has 1 fully saturated rings. The average molecular weight is 176 g/mol. The predicted octanol–water partition coefficient (Wildman–Crippen LogP) is 2.91. The van der Waals surface area contributed by atoms with E-state index in [0.717, 1.165) is 17.9 Å². The van der Waals surface area contributed by atoms with Gasteiger partial charge in [-0.25, -0.2) is 0 Å². The van der Waals surface area contributed by atoms with Crippen molar-refractivity contribution in [3.63, 3.8) is 0 Å². The van der Waals surface area contributed by atoms with Crippen LogP contribution in [0.1, 0.15) is 37.4 Å². The lowest BCUT2D eigenvalue weighted by Gasteiger charge is -2.09. The molecule has 0 heterocycles. The fraction of sp³-hybridized carbons (Fsp3) is 0.500. The lowest BCUT2D eigenvalue weighted by atomic mass is 10.0. The summed E-state index contributed by atoms with van der Waals surface area (Å²) in [5, 5.41) is 9.80. The van der Waals surface area contributed by atoms with Gasteiger partial charge in [0.25, 0.3) is 0 Å². The maximum absolute atomic E-state index is 9.80. The van der Waals surface area contributed by atoms with Crippen molar-refractivity contribution < 1.29 is 5.11 Å². The molecule has 1 aromatic carbocycles. The lowest BCUT2D eigenvalue weighted by molar-refractivity contribution is 0.162. The van der Waals surface area contributed by atoms with Gasteiger partial charge >= 0.3 is 0 Å². The Morgan fingerprint density at radius 1 is 1.23 bits per heavy atom. The zero-order valence-electron chi connectivity index (χ0n) is 7.82. The SMILES string of the molecule is OC(CCC1CC1)c1ccccc1. The van der Waals surface area contributed by atoms with Gasteiger partial charge in [-0.1, -0.05) is 43.2 Å². The fourth-order valence-corrected chi connectivity index (χ4v) is 1.64. The van der Waals surface area contributed by atoms with Crippen LogP contribution in [0.2, 0.25) is 0 Å². The highest BCUT2D eigenvalue weighted by Gasteiger charge is 2.22. The second kappa shape index (κ2) is 3.93. The molecule has 13 heavy (non-hydrogen) atoms. The third-order valence-electron chi connectivity index (χ3n) is 2.73. The Labute approximate surface area is 79.4 Å². The van der Waals surface area contributed by atoms with Crippen molar-refractivity contribution in [3.8, 4) is 0 Å². The van der Waals surface area contributed by atoms with Crippen LogP contribution in [0.3, 0.4) is 0 Å². The van der Waals surface area contributed by atoms with Gasteiger partial charge in [0.05, 0.1) is 6.10 Å². The molecule has 0 bridgehead atoms. The van der Waals surface area contributed by atoms with Crippen LogP contribution in [-0.2, 0) is 0 Å². The van der Waals surface area contributed by atoms with Crippen LogP contribution in [-0.4, -0.2) is 5.11 Å². The van der Waals surface area contributed by atoms with Gasteiger partial charge in [0.1, 0.15) is 0 Å². The molecule has 1 N–H and O–H groups in total. The molecule has 1 atom stereocenters. The molecule has 0 saturated heterocycles. The molecule has 1 heteroatoms. The van der Waals surface area contributed by atoms with Gasteiger partial charge in [-0.15, -0.1) is 0 Å². The smallest absolute Gasteiger partial charge is 0.0790 e. The van der Waals surface area contributed by atoms with Gasteiger partial charge in [0.15, 0.2) is 0 Å². The predicted molar refractivity (Wildman–Crippen MR) is 53.4 cm³/mol. The van der Waals surface area contributed by atoms with Gasteiger partial charge in [0.2, 0.25) is 0 Å². The largest absolute Gasteiger partial charge is 0.388 e. The first-order chi connectivity index (χ1) is 6.36. The van der Waals surface area contributed by atoms with Crippen molar-refractivity contribution in [3.05, 3.63) is 35.9 Å². The van der Waals surface area contributed by atoms with E-state index in [1.165, 1.54) is 19.3 Å². The molecule has 0 aliphatic heterocycles. The number of rotatable bonds is 4. The lowest BCUT2D eigenvalue weighted by Crippen LogP contribution is -1.97. The highest BCUT2D eigenvalue weighted by molar-refractivity contribution is 5.17. The summed E-state index contributed by atoms with van der Waals surface area (Å²) in [6.07, 6.45) is 4.62. The molecule has 70 valence electrons. The van der Waals surface area contributed by atoms with Crippen LogP contribution in [0.25, 0.3) is 0 Å². The average Bonchev–Trinajstić information content (AvgIpc) is 2.99. The summed E-state index contributed by atoms with van der Waals surface area (Å²) in [6.45, 7) is 0. The minimum Gasteiger partial charge on any atom is -0.388 e. The van der Waals surface area contributed by atoms with Gasteiger partial charge in [-0.2, -0.15) is 0 Å². The molecular weight excluding hydrogens is 160 g/mol. The molecule has 0 spiro atoms. The van der Waals surface area contributed by atoms with Gasteiger partial charge in [0, 0.05) is 0 Å². The second-order valence-corrected chi connectivity index (χ2v) is 3.95. The molecule has 1 nitrogen and oxygen atoms in total. The molecule has 1 aliphatic rings. The topological polar surface area (TPSA) is 20.2 Å². The Hall–Kier alpha value is -0.820. The van der Waals surface area contributed by atoms with E-state index in [4.69, 9.17) is 0 Å². The minimum absolute atomic E-state index is 0.248. The summed E-state index contributed by atoms with van der Waals surface area (Å²) in [4.78, 5) is 0. The Kier molecular flexibility index (Phi) is 2.65. The van der Waals surface area contributed by atoms with Crippen molar-refractivity contribution in [2.24, 2.45) is 5.92 Å². The van der Waals surface area contributed by atoms with E-state index in [1.807, 2.05) is 30.3 Å². The Morgan fingerprint density at radius 3 is 2.54 bits per heavy atom. The van der Waals surface area contributed by atoms with E-state index in [-0.39, 0.29) is 6.10 Å². The standard InChI is InChI=1S/C12H16O/c13-12(9-8-10-6-7-10)11-4-2-1-3-5-11/h1-5,10,12-13H,6-9H2. The third-order valence-corrected chi connectivity index (χ3v) is 2.73. The van der Waals surface area contributed by atoms with E-state index in [2.05, 4.69) is 0 Å². The van der Waals surface area contributed by atoms with Crippen LogP contribution in [0.5, 0.6) is 0 Å². The number of hydrogen-bond acceptors (Lipinski definition) is 1. The summed E-state index contributed by atoms with van der Waals surface area (Å²) < 4.78 is 0. The zero-order valence-corrected chi connectivity index (χ0v) is 7.82.